The molecule has 33 heavy (non-hydrogen) atoms. The van der Waals surface area contributed by atoms with Crippen LogP contribution in [0.5, 0.6) is 5.75 Å². The second-order valence-corrected chi connectivity index (χ2v) is 8.08. The Labute approximate surface area is 190 Å². The van der Waals surface area contributed by atoms with E-state index in [1.807, 2.05) is 18.2 Å². The third-order valence-corrected chi connectivity index (χ3v) is 5.23. The van der Waals surface area contributed by atoms with Gasteiger partial charge in [0.05, 0.1) is 0 Å². The number of nitrogens with one attached hydrogen (secondary N) is 3. The molecule has 0 saturated heterocycles. The van der Waals surface area contributed by atoms with E-state index in [1.165, 1.54) is 6.07 Å². The van der Waals surface area contributed by atoms with Crippen molar-refractivity contribution < 1.29 is 29.3 Å². The molecule has 9 nitrogen and oxygen atoms in total. The standard InChI is InChI=1S/C24H27N3O6/c1-14(2)21(23(30)31)27-22(29)20(26-24(32)33-13-15-6-4-3-5-7-15)10-16-12-25-19-9-8-17(28)11-18(16)19/h3-9,11-12,14,20-21,25,28H,10,13H2,1-2H3,(H,26,32)(H,27,29)(H,30,31)/t20-,21-/m0/s1. The molecule has 2 atom stereocenters. The summed E-state index contributed by atoms with van der Waals surface area (Å²) in [6, 6.07) is 11.6. The highest BCUT2D eigenvalue weighted by Crippen LogP contribution is 2.24. The lowest BCUT2D eigenvalue weighted by atomic mass is 10.0. The third kappa shape index (κ3) is 6.25. The predicted molar refractivity (Wildman–Crippen MR) is 122 cm³/mol. The molecule has 2 amide bonds. The number of ether oxygens (including phenoxy) is 1. The van der Waals surface area contributed by atoms with Crippen LogP contribution < -0.4 is 10.6 Å². The number of hydrogen-bond donors (Lipinski definition) is 5. The van der Waals surface area contributed by atoms with E-state index in [4.69, 9.17) is 4.74 Å². The molecular weight excluding hydrogens is 426 g/mol. The Morgan fingerprint density at radius 3 is 2.45 bits per heavy atom. The zero-order valence-electron chi connectivity index (χ0n) is 18.4. The number of carbonyl (C=O) groups excluding carboxylic acids is 2. The van der Waals surface area contributed by atoms with E-state index in [0.29, 0.717) is 10.9 Å². The van der Waals surface area contributed by atoms with E-state index in [0.717, 1.165) is 11.1 Å². The Kier molecular flexibility index (Phi) is 7.55. The molecule has 5 N–H and O–H groups in total. The van der Waals surface area contributed by atoms with Crippen LogP contribution in [0.2, 0.25) is 0 Å². The van der Waals surface area contributed by atoms with Gasteiger partial charge in [-0.1, -0.05) is 44.2 Å². The minimum absolute atomic E-state index is 0.0196. The van der Waals surface area contributed by atoms with E-state index >= 15 is 0 Å². The highest BCUT2D eigenvalue weighted by Gasteiger charge is 2.29. The molecule has 0 aliphatic rings. The van der Waals surface area contributed by atoms with Crippen LogP contribution in [0.25, 0.3) is 10.9 Å². The van der Waals surface area contributed by atoms with Crippen molar-refractivity contribution in [1.29, 1.82) is 0 Å². The molecule has 0 fully saturated rings. The van der Waals surface area contributed by atoms with Crippen LogP contribution in [0.1, 0.15) is 25.0 Å². The second-order valence-electron chi connectivity index (χ2n) is 8.08. The van der Waals surface area contributed by atoms with Gasteiger partial charge in [0.25, 0.3) is 0 Å². The van der Waals surface area contributed by atoms with Crippen molar-refractivity contribution >= 4 is 28.9 Å². The SMILES string of the molecule is CC(C)[C@H](NC(=O)[C@H](Cc1c[nH]c2ccc(O)cc12)NC(=O)OCc1ccccc1)C(=O)O. The average molecular weight is 453 g/mol. The van der Waals surface area contributed by atoms with Crippen molar-refractivity contribution in [3.8, 4) is 5.75 Å². The number of phenols is 1. The quantitative estimate of drug-likeness (QED) is 0.337. The molecule has 1 aromatic heterocycles. The maximum Gasteiger partial charge on any atom is 0.408 e. The number of aliphatic carboxylic acids is 1. The predicted octanol–water partition coefficient (Wildman–Crippen LogP) is 2.94. The molecule has 0 spiro atoms. The molecule has 2 aromatic carbocycles. The zero-order chi connectivity index (χ0) is 24.0. The van der Waals surface area contributed by atoms with Gasteiger partial charge in [-0.25, -0.2) is 9.59 Å². The number of alkyl carbamates (subject to hydrolysis) is 1. The van der Waals surface area contributed by atoms with Crippen LogP contribution in [0.15, 0.2) is 54.7 Å². The van der Waals surface area contributed by atoms with Crippen molar-refractivity contribution in [1.82, 2.24) is 15.6 Å². The Bertz CT molecular complexity index is 1130. The fourth-order valence-electron chi connectivity index (χ4n) is 3.44. The van der Waals surface area contributed by atoms with Gasteiger partial charge in [-0.3, -0.25) is 4.79 Å². The summed E-state index contributed by atoms with van der Waals surface area (Å²) >= 11 is 0. The van der Waals surface area contributed by atoms with E-state index < -0.39 is 30.1 Å². The lowest BCUT2D eigenvalue weighted by Gasteiger charge is -2.23. The van der Waals surface area contributed by atoms with Crippen molar-refractivity contribution in [2.24, 2.45) is 5.92 Å². The summed E-state index contributed by atoms with van der Waals surface area (Å²) in [5, 5.41) is 25.0. The molecule has 0 bridgehead atoms. The first kappa shape index (κ1) is 23.6. The number of aromatic hydroxyl groups is 1. The lowest BCUT2D eigenvalue weighted by Crippen LogP contribution is -2.53. The van der Waals surface area contributed by atoms with Gasteiger partial charge in [0.2, 0.25) is 5.91 Å². The van der Waals surface area contributed by atoms with Crippen molar-refractivity contribution in [2.75, 3.05) is 0 Å². The molecule has 0 aliphatic heterocycles. The number of aromatic nitrogens is 1. The van der Waals surface area contributed by atoms with Crippen LogP contribution in [0.3, 0.4) is 0 Å². The Morgan fingerprint density at radius 2 is 1.79 bits per heavy atom. The monoisotopic (exact) mass is 453 g/mol. The number of H-pyrrole nitrogens is 1. The Balaban J connectivity index is 1.78. The van der Waals surface area contributed by atoms with Crippen LogP contribution in [0.4, 0.5) is 4.79 Å². The molecule has 1 heterocycles. The van der Waals surface area contributed by atoms with Crippen LogP contribution in [-0.2, 0) is 27.4 Å². The molecular formula is C24H27N3O6. The van der Waals surface area contributed by atoms with E-state index in [2.05, 4.69) is 15.6 Å². The summed E-state index contributed by atoms with van der Waals surface area (Å²) in [7, 11) is 0. The molecule has 174 valence electrons. The molecule has 0 saturated carbocycles. The van der Waals surface area contributed by atoms with E-state index in [9.17, 15) is 24.6 Å². The summed E-state index contributed by atoms with van der Waals surface area (Å²) in [6.45, 7) is 3.38. The highest BCUT2D eigenvalue weighted by molar-refractivity contribution is 5.91. The van der Waals surface area contributed by atoms with E-state index in [-0.39, 0.29) is 24.7 Å². The summed E-state index contributed by atoms with van der Waals surface area (Å²) in [6.07, 6.45) is 0.927. The molecule has 3 rings (SSSR count). The van der Waals surface area contributed by atoms with E-state index in [1.54, 1.807) is 44.3 Å². The minimum Gasteiger partial charge on any atom is -0.508 e. The summed E-state index contributed by atoms with van der Waals surface area (Å²) in [5.41, 5.74) is 2.20. The fourth-order valence-corrected chi connectivity index (χ4v) is 3.44. The largest absolute Gasteiger partial charge is 0.508 e. The van der Waals surface area contributed by atoms with Crippen molar-refractivity contribution in [3.05, 3.63) is 65.9 Å². The summed E-state index contributed by atoms with van der Waals surface area (Å²) < 4.78 is 5.24. The Morgan fingerprint density at radius 1 is 1.06 bits per heavy atom. The van der Waals surface area contributed by atoms with Gasteiger partial charge in [0, 0.05) is 23.5 Å². The fraction of sp³-hybridized carbons (Fsp3) is 0.292. The summed E-state index contributed by atoms with van der Waals surface area (Å²) in [5.74, 6) is -2.12. The van der Waals surface area contributed by atoms with Gasteiger partial charge in [-0.15, -0.1) is 0 Å². The first-order valence-corrected chi connectivity index (χ1v) is 10.5. The number of aromatic amines is 1. The average Bonchev–Trinajstić information content (AvgIpc) is 3.17. The number of benzene rings is 2. The molecule has 0 aliphatic carbocycles. The van der Waals surface area contributed by atoms with Gasteiger partial charge in [0.15, 0.2) is 0 Å². The third-order valence-electron chi connectivity index (χ3n) is 5.23. The normalized spacial score (nSPS) is 12.8. The topological polar surface area (TPSA) is 141 Å². The first-order valence-electron chi connectivity index (χ1n) is 10.5. The van der Waals surface area contributed by atoms with Crippen LogP contribution >= 0.6 is 0 Å². The number of carboxylic acid groups (broad SMARTS) is 1. The maximum absolute atomic E-state index is 13.0. The minimum atomic E-state index is -1.17. The van der Waals surface area contributed by atoms with Gasteiger partial charge in [0.1, 0.15) is 24.4 Å². The van der Waals surface area contributed by atoms with Gasteiger partial charge >= 0.3 is 12.1 Å². The van der Waals surface area contributed by atoms with Gasteiger partial charge in [-0.2, -0.15) is 0 Å². The number of rotatable bonds is 9. The lowest BCUT2D eigenvalue weighted by molar-refractivity contribution is -0.143. The number of carboxylic acids is 1. The summed E-state index contributed by atoms with van der Waals surface area (Å²) in [4.78, 5) is 40.1. The van der Waals surface area contributed by atoms with Gasteiger partial charge < -0.3 is 30.6 Å². The molecule has 0 radical (unpaired) electrons. The number of hydrogen-bond acceptors (Lipinski definition) is 5. The highest BCUT2D eigenvalue weighted by atomic mass is 16.5. The molecule has 3 aromatic rings. The zero-order valence-corrected chi connectivity index (χ0v) is 18.4. The number of phenolic OH excluding ortho intramolecular Hbond substituents is 1. The maximum atomic E-state index is 13.0. The molecule has 9 heteroatoms. The second kappa shape index (κ2) is 10.5. The van der Waals surface area contributed by atoms with Crippen molar-refractivity contribution in [3.63, 3.8) is 0 Å². The van der Waals surface area contributed by atoms with Crippen LogP contribution in [-0.4, -0.2) is 45.3 Å². The molecule has 0 unspecified atom stereocenters. The smallest absolute Gasteiger partial charge is 0.408 e. The van der Waals surface area contributed by atoms with Crippen LogP contribution in [0, 0.1) is 5.92 Å². The van der Waals surface area contributed by atoms with Gasteiger partial charge in [-0.05, 0) is 35.2 Å². The number of amides is 2. The van der Waals surface area contributed by atoms with Crippen molar-refractivity contribution in [2.45, 2.75) is 39.0 Å². The first-order chi connectivity index (χ1) is 15.7. The number of fused-ring (bicyclic) bond motifs is 1. The number of carbonyl (C=O) groups is 3. The Hall–Kier alpha value is -4.01.